The zero-order valence-corrected chi connectivity index (χ0v) is 16.9. The van der Waals surface area contributed by atoms with E-state index in [9.17, 15) is 5.26 Å². The second kappa shape index (κ2) is 6.25. The van der Waals surface area contributed by atoms with E-state index in [0.29, 0.717) is 18.0 Å². The summed E-state index contributed by atoms with van der Waals surface area (Å²) in [6.07, 6.45) is 4.62. The lowest BCUT2D eigenvalue weighted by Crippen LogP contribution is -2.48. The van der Waals surface area contributed by atoms with Crippen LogP contribution >= 0.6 is 0 Å². The molecule has 0 bridgehead atoms. The Bertz CT molecular complexity index is 1050. The average Bonchev–Trinajstić information content (AvgIpc) is 3.10. The summed E-state index contributed by atoms with van der Waals surface area (Å²) in [6.45, 7) is 8.60. The Morgan fingerprint density at radius 1 is 1.21 bits per heavy atom. The van der Waals surface area contributed by atoms with Gasteiger partial charge < -0.3 is 4.74 Å². The number of nitriles is 1. The van der Waals surface area contributed by atoms with Crippen molar-refractivity contribution in [3.63, 3.8) is 0 Å². The fraction of sp³-hybridized carbons (Fsp3) is 0.522. The molecule has 0 amide bonds. The summed E-state index contributed by atoms with van der Waals surface area (Å²) in [5.41, 5.74) is 6.03. The smallest absolute Gasteiger partial charge is 0.0995 e. The third kappa shape index (κ3) is 2.61. The second-order valence-corrected chi connectivity index (χ2v) is 9.14. The molecule has 29 heavy (non-hydrogen) atoms. The Balaban J connectivity index is 1.29. The molecule has 2 saturated heterocycles. The van der Waals surface area contributed by atoms with E-state index in [2.05, 4.69) is 46.6 Å². The molecule has 4 aliphatic rings. The van der Waals surface area contributed by atoms with E-state index in [0.717, 1.165) is 59.6 Å². The summed E-state index contributed by atoms with van der Waals surface area (Å²) in [5.74, 6) is 2.13. The fourth-order valence-electron chi connectivity index (χ4n) is 5.39. The zero-order valence-electron chi connectivity index (χ0n) is 16.9. The number of piperidine rings is 1. The standard InChI is InChI=1S/C23H25N5O/c1-13(2)28-22(23-18-9-27(10-19(18)23)16-11-29-12-16)6-21(26-28)15-5-17-14(7-24)3-4-20(17)25-8-15/h3,5-6,8,13,16,18-19,23H,4,9-12H2,1-2H3/t18-,19+,23?. The molecule has 0 spiro atoms. The fourth-order valence-corrected chi connectivity index (χ4v) is 5.39. The molecule has 148 valence electrons. The number of likely N-dealkylation sites (tertiary alicyclic amines) is 1. The Hall–Kier alpha value is -2.49. The summed E-state index contributed by atoms with van der Waals surface area (Å²) in [6, 6.07) is 7.63. The summed E-state index contributed by atoms with van der Waals surface area (Å²) in [4.78, 5) is 7.23. The maximum atomic E-state index is 9.37. The van der Waals surface area contributed by atoms with Crippen molar-refractivity contribution in [3.8, 4) is 17.3 Å². The van der Waals surface area contributed by atoms with Crippen molar-refractivity contribution in [2.45, 2.75) is 38.3 Å². The van der Waals surface area contributed by atoms with Crippen LogP contribution < -0.4 is 0 Å². The van der Waals surface area contributed by atoms with E-state index in [4.69, 9.17) is 9.84 Å². The van der Waals surface area contributed by atoms with Gasteiger partial charge in [0.1, 0.15) is 0 Å². The molecule has 2 aromatic heterocycles. The number of hydrogen-bond donors (Lipinski definition) is 0. The van der Waals surface area contributed by atoms with Crippen LogP contribution in [0.1, 0.15) is 42.8 Å². The van der Waals surface area contributed by atoms with E-state index in [1.54, 1.807) is 0 Å². The maximum Gasteiger partial charge on any atom is 0.0995 e. The van der Waals surface area contributed by atoms with Crippen molar-refractivity contribution < 1.29 is 4.74 Å². The number of rotatable bonds is 4. The minimum Gasteiger partial charge on any atom is -0.378 e. The van der Waals surface area contributed by atoms with E-state index >= 15 is 0 Å². The molecule has 2 aromatic rings. The molecule has 6 heteroatoms. The molecule has 3 atom stereocenters. The Kier molecular flexibility index (Phi) is 3.75. The summed E-state index contributed by atoms with van der Waals surface area (Å²) >= 11 is 0. The minimum absolute atomic E-state index is 0.327. The molecule has 3 fully saturated rings. The molecule has 4 heterocycles. The first-order valence-electron chi connectivity index (χ1n) is 10.6. The molecule has 0 N–H and O–H groups in total. The highest BCUT2D eigenvalue weighted by atomic mass is 16.5. The van der Waals surface area contributed by atoms with Gasteiger partial charge in [-0.2, -0.15) is 10.4 Å². The number of aromatic nitrogens is 3. The Morgan fingerprint density at radius 2 is 2.00 bits per heavy atom. The summed E-state index contributed by atoms with van der Waals surface area (Å²) in [5, 5.41) is 14.3. The number of fused-ring (bicyclic) bond motifs is 2. The second-order valence-electron chi connectivity index (χ2n) is 9.14. The molecule has 2 aliphatic heterocycles. The highest BCUT2D eigenvalue weighted by molar-refractivity contribution is 5.83. The van der Waals surface area contributed by atoms with Gasteiger partial charge in [-0.25, -0.2) is 0 Å². The van der Waals surface area contributed by atoms with E-state index in [-0.39, 0.29) is 0 Å². The molecule has 6 nitrogen and oxygen atoms in total. The lowest BCUT2D eigenvalue weighted by molar-refractivity contribution is -0.0610. The third-order valence-electron chi connectivity index (χ3n) is 7.13. The van der Waals surface area contributed by atoms with Gasteiger partial charge in [-0.1, -0.05) is 6.08 Å². The average molecular weight is 387 g/mol. The van der Waals surface area contributed by atoms with Gasteiger partial charge in [-0.05, 0) is 37.8 Å². The Labute approximate surface area is 170 Å². The SMILES string of the molecule is CC(C)n1nc(-c2cnc3c(c2)C(C#N)=CC3)cc1C1[C@H]2CN(C3COC3)C[C@@H]12. The van der Waals surface area contributed by atoms with Gasteiger partial charge in [0.15, 0.2) is 0 Å². The third-order valence-corrected chi connectivity index (χ3v) is 7.13. The number of hydrogen-bond acceptors (Lipinski definition) is 5. The molecule has 0 aromatic carbocycles. The first-order valence-corrected chi connectivity index (χ1v) is 10.6. The lowest BCUT2D eigenvalue weighted by atomic mass is 10.1. The van der Waals surface area contributed by atoms with E-state index in [1.165, 1.54) is 18.8 Å². The van der Waals surface area contributed by atoms with Crippen LogP contribution in [0, 0.1) is 23.2 Å². The van der Waals surface area contributed by atoms with Crippen LogP contribution in [0.15, 0.2) is 24.4 Å². The summed E-state index contributed by atoms with van der Waals surface area (Å²) < 4.78 is 7.58. The first kappa shape index (κ1) is 17.4. The van der Waals surface area contributed by atoms with Crippen LogP contribution in [0.4, 0.5) is 0 Å². The normalized spacial score (nSPS) is 28.1. The Morgan fingerprint density at radius 3 is 2.66 bits per heavy atom. The lowest BCUT2D eigenvalue weighted by Gasteiger charge is -2.35. The number of allylic oxidation sites excluding steroid dienone is 2. The number of nitrogens with zero attached hydrogens (tertiary/aromatic N) is 5. The molecule has 1 saturated carbocycles. The van der Waals surface area contributed by atoms with Gasteiger partial charge in [0.25, 0.3) is 0 Å². The van der Waals surface area contributed by atoms with Gasteiger partial charge in [0.2, 0.25) is 0 Å². The number of ether oxygens (including phenoxy) is 1. The van der Waals surface area contributed by atoms with Crippen LogP contribution in [0.2, 0.25) is 0 Å². The largest absolute Gasteiger partial charge is 0.378 e. The van der Waals surface area contributed by atoms with Crippen LogP contribution in [0.5, 0.6) is 0 Å². The highest BCUT2D eigenvalue weighted by Gasteiger charge is 2.58. The highest BCUT2D eigenvalue weighted by Crippen LogP contribution is 2.59. The van der Waals surface area contributed by atoms with E-state index in [1.807, 2.05) is 12.3 Å². The molecular weight excluding hydrogens is 362 g/mol. The van der Waals surface area contributed by atoms with Crippen molar-refractivity contribution in [3.05, 3.63) is 41.4 Å². The van der Waals surface area contributed by atoms with Gasteiger partial charge in [0, 0.05) is 54.5 Å². The summed E-state index contributed by atoms with van der Waals surface area (Å²) in [7, 11) is 0. The molecule has 2 aliphatic carbocycles. The van der Waals surface area contributed by atoms with Gasteiger partial charge in [-0.3, -0.25) is 14.6 Å². The maximum absolute atomic E-state index is 9.37. The van der Waals surface area contributed by atoms with Gasteiger partial charge in [-0.15, -0.1) is 0 Å². The molecule has 6 rings (SSSR count). The number of pyridine rings is 1. The predicted octanol–water partition coefficient (Wildman–Crippen LogP) is 3.03. The predicted molar refractivity (Wildman–Crippen MR) is 109 cm³/mol. The van der Waals surface area contributed by atoms with Crippen LogP contribution in [0.3, 0.4) is 0 Å². The van der Waals surface area contributed by atoms with Gasteiger partial charge in [0.05, 0.1) is 42.3 Å². The van der Waals surface area contributed by atoms with Crippen LogP contribution in [0.25, 0.3) is 16.8 Å². The first-order chi connectivity index (χ1) is 14.1. The monoisotopic (exact) mass is 387 g/mol. The minimum atomic E-state index is 0.327. The topological polar surface area (TPSA) is 67.0 Å². The van der Waals surface area contributed by atoms with Crippen molar-refractivity contribution in [2.24, 2.45) is 11.8 Å². The zero-order chi connectivity index (χ0) is 19.7. The van der Waals surface area contributed by atoms with E-state index < -0.39 is 0 Å². The van der Waals surface area contributed by atoms with Crippen molar-refractivity contribution in [1.82, 2.24) is 19.7 Å². The van der Waals surface area contributed by atoms with Crippen LogP contribution in [-0.4, -0.2) is 52.0 Å². The van der Waals surface area contributed by atoms with Crippen molar-refractivity contribution in [1.29, 1.82) is 5.26 Å². The van der Waals surface area contributed by atoms with Crippen molar-refractivity contribution >= 4 is 5.57 Å². The molecule has 1 unspecified atom stereocenters. The van der Waals surface area contributed by atoms with Crippen molar-refractivity contribution in [2.75, 3.05) is 26.3 Å². The molecular formula is C23H25N5O. The molecule has 0 radical (unpaired) electrons. The van der Waals surface area contributed by atoms with Crippen LogP contribution in [-0.2, 0) is 11.2 Å². The van der Waals surface area contributed by atoms with Gasteiger partial charge >= 0.3 is 0 Å². The quantitative estimate of drug-likeness (QED) is 0.807.